The average Bonchev–Trinajstić information content (AvgIpc) is 3.11. The third-order valence-electron chi connectivity index (χ3n) is 4.85. The Labute approximate surface area is 177 Å². The largest absolute Gasteiger partial charge is 0.337 e. The summed E-state index contributed by atoms with van der Waals surface area (Å²) in [5, 5.41) is 13.2. The molecule has 4 rings (SSSR count). The Morgan fingerprint density at radius 3 is 2.45 bits per heavy atom. The number of aromatic nitrogens is 1. The lowest BCUT2D eigenvalue weighted by Crippen LogP contribution is -2.18. The molecule has 0 aliphatic rings. The van der Waals surface area contributed by atoms with Crippen LogP contribution in [0, 0.1) is 23.0 Å². The predicted octanol–water partition coefficient (Wildman–Crippen LogP) is 5.62. The van der Waals surface area contributed by atoms with Crippen LogP contribution in [0.5, 0.6) is 0 Å². The van der Waals surface area contributed by atoms with Gasteiger partial charge in [-0.25, -0.2) is 8.78 Å². The van der Waals surface area contributed by atoms with Gasteiger partial charge < -0.3 is 9.88 Å². The van der Waals surface area contributed by atoms with E-state index >= 15 is 0 Å². The molecule has 0 fully saturated rings. The van der Waals surface area contributed by atoms with Crippen LogP contribution in [0.2, 0.25) is 0 Å². The van der Waals surface area contributed by atoms with E-state index in [0.717, 1.165) is 10.9 Å². The predicted molar refractivity (Wildman–Crippen MR) is 117 cm³/mol. The van der Waals surface area contributed by atoms with Crippen LogP contribution in [0.1, 0.15) is 11.1 Å². The van der Waals surface area contributed by atoms with E-state index in [0.29, 0.717) is 11.3 Å². The maximum absolute atomic E-state index is 14.2. The summed E-state index contributed by atoms with van der Waals surface area (Å²) in [6.45, 7) is 0.0211. The summed E-state index contributed by atoms with van der Waals surface area (Å²) < 4.78 is 29.0. The van der Waals surface area contributed by atoms with E-state index in [1.165, 1.54) is 30.3 Å². The molecule has 1 N–H and O–H groups in total. The van der Waals surface area contributed by atoms with Crippen molar-refractivity contribution in [1.82, 2.24) is 4.57 Å². The second-order valence-electron chi connectivity index (χ2n) is 6.93. The Morgan fingerprint density at radius 1 is 1.00 bits per heavy atom. The van der Waals surface area contributed by atoms with Crippen molar-refractivity contribution in [3.8, 4) is 6.07 Å². The van der Waals surface area contributed by atoms with Crippen molar-refractivity contribution in [2.24, 2.45) is 0 Å². The maximum Gasteiger partial charge on any atom is 0.244 e. The zero-order valence-corrected chi connectivity index (χ0v) is 16.3. The van der Waals surface area contributed by atoms with Crippen molar-refractivity contribution in [2.45, 2.75) is 6.54 Å². The lowest BCUT2D eigenvalue weighted by Gasteiger charge is -2.07. The number of nitrogens with zero attached hydrogens (tertiary/aromatic N) is 2. The Hall–Kier alpha value is -4.24. The van der Waals surface area contributed by atoms with Crippen LogP contribution in [0.15, 0.2) is 79.0 Å². The monoisotopic (exact) mass is 413 g/mol. The summed E-state index contributed by atoms with van der Waals surface area (Å²) in [6.07, 6.45) is 3.38. The highest BCUT2D eigenvalue weighted by molar-refractivity contribution is 5.99. The fraction of sp³-hybridized carbons (Fsp3) is 0.0400. The molecule has 0 saturated carbocycles. The molecular formula is C25H17F2N3O. The van der Waals surface area contributed by atoms with Crippen molar-refractivity contribution in [3.63, 3.8) is 0 Å². The van der Waals surface area contributed by atoms with Crippen LogP contribution in [0.3, 0.4) is 0 Å². The van der Waals surface area contributed by atoms with Gasteiger partial charge >= 0.3 is 0 Å². The number of benzene rings is 3. The van der Waals surface area contributed by atoms with Gasteiger partial charge in [-0.05, 0) is 42.5 Å². The quantitative estimate of drug-likeness (QED) is 0.432. The summed E-state index contributed by atoms with van der Waals surface area (Å²) in [6, 6.07) is 21.2. The first kappa shape index (κ1) is 20.0. The SMILES string of the molecule is N#C/C(=C/c1cn(CC(=O)Nc2ccc(F)cc2)c2ccccc12)c1ccccc1F. The second-order valence-corrected chi connectivity index (χ2v) is 6.93. The highest BCUT2D eigenvalue weighted by atomic mass is 19.1. The lowest BCUT2D eigenvalue weighted by molar-refractivity contribution is -0.116. The van der Waals surface area contributed by atoms with E-state index in [1.807, 2.05) is 24.3 Å². The molecule has 4 aromatic rings. The summed E-state index contributed by atoms with van der Waals surface area (Å²) in [5.74, 6) is -1.14. The van der Waals surface area contributed by atoms with Gasteiger partial charge in [0.2, 0.25) is 5.91 Å². The summed E-state index contributed by atoms with van der Waals surface area (Å²) >= 11 is 0. The number of halogens is 2. The standard InChI is InChI=1S/C25H17F2N3O/c26-19-9-11-20(12-10-19)29-25(31)16-30-15-18(22-6-2-4-8-24(22)30)13-17(14-28)21-5-1-3-7-23(21)27/h1-13,15H,16H2,(H,29,31)/b17-13-. The minimum Gasteiger partial charge on any atom is -0.337 e. The molecule has 0 atom stereocenters. The molecule has 4 nitrogen and oxygen atoms in total. The number of para-hydroxylation sites is 1. The molecule has 0 spiro atoms. The van der Waals surface area contributed by atoms with Gasteiger partial charge in [-0.1, -0.05) is 36.4 Å². The zero-order chi connectivity index (χ0) is 21.8. The summed E-state index contributed by atoms with van der Waals surface area (Å²) in [4.78, 5) is 12.5. The number of carbonyl (C=O) groups excluding carboxylic acids is 1. The van der Waals surface area contributed by atoms with Crippen molar-refractivity contribution in [3.05, 3.63) is 102 Å². The minimum atomic E-state index is -0.474. The van der Waals surface area contributed by atoms with Gasteiger partial charge in [0.25, 0.3) is 0 Å². The number of rotatable bonds is 5. The Balaban J connectivity index is 1.67. The fourth-order valence-electron chi connectivity index (χ4n) is 3.41. The number of fused-ring (bicyclic) bond motifs is 1. The smallest absolute Gasteiger partial charge is 0.244 e. The molecule has 31 heavy (non-hydrogen) atoms. The number of nitrogens with one attached hydrogen (secondary N) is 1. The van der Waals surface area contributed by atoms with E-state index in [1.54, 1.807) is 35.0 Å². The summed E-state index contributed by atoms with van der Waals surface area (Å²) in [7, 11) is 0. The van der Waals surface area contributed by atoms with Gasteiger partial charge in [-0.3, -0.25) is 4.79 Å². The topological polar surface area (TPSA) is 57.8 Å². The first-order valence-corrected chi connectivity index (χ1v) is 9.55. The number of hydrogen-bond acceptors (Lipinski definition) is 2. The molecule has 1 heterocycles. The molecule has 0 saturated heterocycles. The van der Waals surface area contributed by atoms with E-state index < -0.39 is 5.82 Å². The molecule has 6 heteroatoms. The molecule has 3 aromatic carbocycles. The lowest BCUT2D eigenvalue weighted by atomic mass is 10.0. The average molecular weight is 413 g/mol. The Kier molecular flexibility index (Phi) is 5.59. The zero-order valence-electron chi connectivity index (χ0n) is 16.3. The van der Waals surface area contributed by atoms with Crippen LogP contribution in [0.4, 0.5) is 14.5 Å². The fourth-order valence-corrected chi connectivity index (χ4v) is 3.41. The first-order valence-electron chi connectivity index (χ1n) is 9.55. The van der Waals surface area contributed by atoms with Crippen LogP contribution >= 0.6 is 0 Å². The molecule has 1 amide bonds. The number of allylic oxidation sites excluding steroid dienone is 1. The molecule has 1 aromatic heterocycles. The Bertz CT molecular complexity index is 1330. The van der Waals surface area contributed by atoms with Crippen molar-refractivity contribution in [1.29, 1.82) is 5.26 Å². The van der Waals surface area contributed by atoms with E-state index in [9.17, 15) is 18.8 Å². The van der Waals surface area contributed by atoms with Gasteiger partial charge in [0, 0.05) is 33.9 Å². The highest BCUT2D eigenvalue weighted by Gasteiger charge is 2.13. The number of amides is 1. The minimum absolute atomic E-state index is 0.0211. The second kappa shape index (κ2) is 8.64. The van der Waals surface area contributed by atoms with Crippen molar-refractivity contribution >= 4 is 34.1 Å². The number of hydrogen-bond donors (Lipinski definition) is 1. The molecular weight excluding hydrogens is 396 g/mol. The molecule has 0 bridgehead atoms. The van der Waals surface area contributed by atoms with Crippen LogP contribution in [0.25, 0.3) is 22.6 Å². The van der Waals surface area contributed by atoms with Gasteiger partial charge in [-0.2, -0.15) is 5.26 Å². The van der Waals surface area contributed by atoms with Crippen molar-refractivity contribution < 1.29 is 13.6 Å². The molecule has 0 unspecified atom stereocenters. The van der Waals surface area contributed by atoms with E-state index in [2.05, 4.69) is 11.4 Å². The van der Waals surface area contributed by atoms with E-state index in [4.69, 9.17) is 0 Å². The molecule has 0 radical (unpaired) electrons. The Morgan fingerprint density at radius 2 is 1.71 bits per heavy atom. The normalized spacial score (nSPS) is 11.3. The van der Waals surface area contributed by atoms with Gasteiger partial charge in [0.1, 0.15) is 18.2 Å². The number of nitriles is 1. The third kappa shape index (κ3) is 4.36. The van der Waals surface area contributed by atoms with Gasteiger partial charge in [0.05, 0.1) is 11.6 Å². The third-order valence-corrected chi connectivity index (χ3v) is 4.85. The van der Waals surface area contributed by atoms with Crippen molar-refractivity contribution in [2.75, 3.05) is 5.32 Å². The van der Waals surface area contributed by atoms with Gasteiger partial charge in [0.15, 0.2) is 0 Å². The number of carbonyl (C=O) groups is 1. The molecule has 0 aliphatic heterocycles. The molecule has 0 aliphatic carbocycles. The first-order chi connectivity index (χ1) is 15.0. The molecule has 152 valence electrons. The summed E-state index contributed by atoms with van der Waals surface area (Å²) in [5.41, 5.74) is 2.40. The van der Waals surface area contributed by atoms with Crippen LogP contribution in [-0.2, 0) is 11.3 Å². The maximum atomic E-state index is 14.2. The van der Waals surface area contributed by atoms with Gasteiger partial charge in [-0.15, -0.1) is 0 Å². The highest BCUT2D eigenvalue weighted by Crippen LogP contribution is 2.27. The van der Waals surface area contributed by atoms with Crippen LogP contribution in [-0.4, -0.2) is 10.5 Å². The van der Waals surface area contributed by atoms with Crippen LogP contribution < -0.4 is 5.32 Å². The number of anilines is 1. The van der Waals surface area contributed by atoms with E-state index in [-0.39, 0.29) is 29.4 Å².